The average Bonchev–Trinajstić information content (AvgIpc) is 2.46. The Labute approximate surface area is 131 Å². The van der Waals surface area contributed by atoms with Crippen LogP contribution in [-0.4, -0.2) is 16.5 Å². The van der Waals surface area contributed by atoms with Crippen molar-refractivity contribution >= 4 is 23.2 Å². The summed E-state index contributed by atoms with van der Waals surface area (Å²) >= 11 is 6.15. The Kier molecular flexibility index (Phi) is 5.81. The summed E-state index contributed by atoms with van der Waals surface area (Å²) in [6.07, 6.45) is 2.29. The standard InChI is InChI=1S/C16H21ClN4/c1-3-4-9-18-15-10-16(21-12(2)20-15)19-11-13-7-5-6-8-14(13)17/h5-8,10H,3-4,9,11H2,1-2H3,(H2,18,19,20,21). The number of aryl methyl sites for hydroxylation is 1. The number of aromatic nitrogens is 2. The number of rotatable bonds is 7. The molecule has 1 aromatic carbocycles. The SMILES string of the molecule is CCCCNc1cc(NCc2ccccc2Cl)nc(C)n1. The van der Waals surface area contributed by atoms with Gasteiger partial charge in [-0.25, -0.2) is 9.97 Å². The number of hydrogen-bond acceptors (Lipinski definition) is 4. The van der Waals surface area contributed by atoms with E-state index in [-0.39, 0.29) is 0 Å². The molecule has 2 aromatic rings. The molecule has 0 aliphatic rings. The number of nitrogens with one attached hydrogen (secondary N) is 2. The molecule has 0 bridgehead atoms. The first-order valence-electron chi connectivity index (χ1n) is 7.26. The second-order valence-corrected chi connectivity index (χ2v) is 5.32. The topological polar surface area (TPSA) is 49.8 Å². The number of hydrogen-bond donors (Lipinski definition) is 2. The van der Waals surface area contributed by atoms with E-state index in [1.165, 1.54) is 0 Å². The van der Waals surface area contributed by atoms with E-state index in [9.17, 15) is 0 Å². The van der Waals surface area contributed by atoms with Gasteiger partial charge in [-0.3, -0.25) is 0 Å². The Hall–Kier alpha value is -1.81. The fourth-order valence-corrected chi connectivity index (χ4v) is 2.17. The lowest BCUT2D eigenvalue weighted by Crippen LogP contribution is -2.08. The highest BCUT2D eigenvalue weighted by atomic mass is 35.5. The third-order valence-electron chi connectivity index (χ3n) is 3.09. The third kappa shape index (κ3) is 4.90. The van der Waals surface area contributed by atoms with Crippen molar-refractivity contribution in [3.8, 4) is 0 Å². The lowest BCUT2D eigenvalue weighted by molar-refractivity contribution is 0.829. The molecule has 0 saturated carbocycles. The molecule has 0 aliphatic heterocycles. The van der Waals surface area contributed by atoms with Gasteiger partial charge in [0.2, 0.25) is 0 Å². The van der Waals surface area contributed by atoms with E-state index in [0.717, 1.165) is 47.4 Å². The van der Waals surface area contributed by atoms with Crippen molar-refractivity contribution in [2.45, 2.75) is 33.2 Å². The van der Waals surface area contributed by atoms with Crippen LogP contribution in [0.4, 0.5) is 11.6 Å². The number of benzene rings is 1. The summed E-state index contributed by atoms with van der Waals surface area (Å²) in [6.45, 7) is 5.64. The van der Waals surface area contributed by atoms with Crippen molar-refractivity contribution in [2.75, 3.05) is 17.2 Å². The Morgan fingerprint density at radius 3 is 2.52 bits per heavy atom. The number of anilines is 2. The Balaban J connectivity index is 2.01. The van der Waals surface area contributed by atoms with Crippen LogP contribution >= 0.6 is 11.6 Å². The first-order chi connectivity index (χ1) is 10.2. The minimum atomic E-state index is 0.643. The molecule has 0 unspecified atom stereocenters. The van der Waals surface area contributed by atoms with Crippen LogP contribution in [-0.2, 0) is 6.54 Å². The third-order valence-corrected chi connectivity index (χ3v) is 3.46. The molecule has 112 valence electrons. The van der Waals surface area contributed by atoms with E-state index in [1.807, 2.05) is 37.3 Å². The van der Waals surface area contributed by atoms with Gasteiger partial charge in [-0.1, -0.05) is 43.1 Å². The molecule has 0 saturated heterocycles. The van der Waals surface area contributed by atoms with Crippen molar-refractivity contribution in [1.82, 2.24) is 9.97 Å². The number of halogens is 1. The molecular formula is C16H21ClN4. The highest BCUT2D eigenvalue weighted by Crippen LogP contribution is 2.17. The maximum absolute atomic E-state index is 6.15. The molecule has 0 amide bonds. The van der Waals surface area contributed by atoms with Crippen LogP contribution in [0.3, 0.4) is 0 Å². The van der Waals surface area contributed by atoms with Crippen molar-refractivity contribution in [1.29, 1.82) is 0 Å². The lowest BCUT2D eigenvalue weighted by Gasteiger charge is -2.10. The van der Waals surface area contributed by atoms with Crippen molar-refractivity contribution in [3.05, 3.63) is 46.7 Å². The molecule has 0 aliphatic carbocycles. The molecule has 2 N–H and O–H groups in total. The highest BCUT2D eigenvalue weighted by Gasteiger charge is 2.03. The molecule has 0 fully saturated rings. The first-order valence-corrected chi connectivity index (χ1v) is 7.63. The van der Waals surface area contributed by atoms with E-state index in [0.29, 0.717) is 6.54 Å². The van der Waals surface area contributed by atoms with Gasteiger partial charge in [-0.15, -0.1) is 0 Å². The highest BCUT2D eigenvalue weighted by molar-refractivity contribution is 6.31. The van der Waals surface area contributed by atoms with E-state index in [4.69, 9.17) is 11.6 Å². The van der Waals surface area contributed by atoms with Crippen LogP contribution < -0.4 is 10.6 Å². The van der Waals surface area contributed by atoms with Gasteiger partial charge in [0.15, 0.2) is 0 Å². The minimum absolute atomic E-state index is 0.643. The lowest BCUT2D eigenvalue weighted by atomic mass is 10.2. The van der Waals surface area contributed by atoms with Crippen LogP contribution in [0.1, 0.15) is 31.2 Å². The quantitative estimate of drug-likeness (QED) is 0.750. The van der Waals surface area contributed by atoms with E-state index >= 15 is 0 Å². The zero-order valence-electron chi connectivity index (χ0n) is 12.5. The van der Waals surface area contributed by atoms with E-state index in [1.54, 1.807) is 0 Å². The van der Waals surface area contributed by atoms with E-state index in [2.05, 4.69) is 27.5 Å². The molecule has 0 atom stereocenters. The molecule has 2 rings (SSSR count). The average molecular weight is 305 g/mol. The molecule has 21 heavy (non-hydrogen) atoms. The molecule has 0 spiro atoms. The number of nitrogens with zero attached hydrogens (tertiary/aromatic N) is 2. The normalized spacial score (nSPS) is 10.4. The number of unbranched alkanes of at least 4 members (excludes halogenated alkanes) is 1. The monoisotopic (exact) mass is 304 g/mol. The molecule has 0 radical (unpaired) electrons. The second-order valence-electron chi connectivity index (χ2n) is 4.91. The van der Waals surface area contributed by atoms with Gasteiger partial charge in [0.1, 0.15) is 17.5 Å². The molecule has 4 nitrogen and oxygen atoms in total. The Morgan fingerprint density at radius 2 is 1.81 bits per heavy atom. The summed E-state index contributed by atoms with van der Waals surface area (Å²) in [5, 5.41) is 7.38. The molecule has 1 heterocycles. The minimum Gasteiger partial charge on any atom is -0.370 e. The molecular weight excluding hydrogens is 284 g/mol. The summed E-state index contributed by atoms with van der Waals surface area (Å²) in [5.41, 5.74) is 1.05. The van der Waals surface area contributed by atoms with E-state index < -0.39 is 0 Å². The van der Waals surface area contributed by atoms with Crippen LogP contribution in [0.2, 0.25) is 5.02 Å². The fourth-order valence-electron chi connectivity index (χ4n) is 1.97. The summed E-state index contributed by atoms with van der Waals surface area (Å²) in [7, 11) is 0. The molecule has 5 heteroatoms. The maximum Gasteiger partial charge on any atom is 0.132 e. The van der Waals surface area contributed by atoms with Gasteiger partial charge in [-0.2, -0.15) is 0 Å². The summed E-state index contributed by atoms with van der Waals surface area (Å²) in [5.74, 6) is 2.41. The van der Waals surface area contributed by atoms with Crippen LogP contribution in [0, 0.1) is 6.92 Å². The summed E-state index contributed by atoms with van der Waals surface area (Å²) in [4.78, 5) is 8.79. The smallest absolute Gasteiger partial charge is 0.132 e. The van der Waals surface area contributed by atoms with Gasteiger partial charge >= 0.3 is 0 Å². The zero-order valence-corrected chi connectivity index (χ0v) is 13.2. The van der Waals surface area contributed by atoms with Crippen molar-refractivity contribution in [3.63, 3.8) is 0 Å². The second kappa shape index (κ2) is 7.84. The molecule has 1 aromatic heterocycles. The predicted molar refractivity (Wildman–Crippen MR) is 88.9 cm³/mol. The van der Waals surface area contributed by atoms with Crippen LogP contribution in [0.15, 0.2) is 30.3 Å². The van der Waals surface area contributed by atoms with Gasteiger partial charge in [0.25, 0.3) is 0 Å². The zero-order chi connectivity index (χ0) is 15.1. The Bertz CT molecular complexity index is 586. The van der Waals surface area contributed by atoms with Crippen LogP contribution in [0.25, 0.3) is 0 Å². The maximum atomic E-state index is 6.15. The van der Waals surface area contributed by atoms with Gasteiger partial charge in [-0.05, 0) is 25.0 Å². The fraction of sp³-hybridized carbons (Fsp3) is 0.375. The van der Waals surface area contributed by atoms with Crippen molar-refractivity contribution in [2.24, 2.45) is 0 Å². The largest absolute Gasteiger partial charge is 0.370 e. The van der Waals surface area contributed by atoms with Gasteiger partial charge in [0.05, 0.1) is 0 Å². The van der Waals surface area contributed by atoms with Crippen LogP contribution in [0.5, 0.6) is 0 Å². The Morgan fingerprint density at radius 1 is 1.10 bits per heavy atom. The van der Waals surface area contributed by atoms with Gasteiger partial charge < -0.3 is 10.6 Å². The summed E-state index contributed by atoms with van der Waals surface area (Å²) < 4.78 is 0. The van der Waals surface area contributed by atoms with Gasteiger partial charge in [0, 0.05) is 24.2 Å². The first kappa shape index (κ1) is 15.6. The predicted octanol–water partition coefficient (Wildman–Crippen LogP) is 4.26. The van der Waals surface area contributed by atoms with Crippen molar-refractivity contribution < 1.29 is 0 Å². The summed E-state index contributed by atoms with van der Waals surface area (Å²) in [6, 6.07) is 9.73.